The molecule has 98 valence electrons. The number of nitro groups is 1. The largest absolute Gasteiger partial charge is 0.338 e. The van der Waals surface area contributed by atoms with Gasteiger partial charge in [-0.1, -0.05) is 11.3 Å². The highest BCUT2D eigenvalue weighted by Crippen LogP contribution is 2.26. The molecule has 6 nitrogen and oxygen atoms in total. The summed E-state index contributed by atoms with van der Waals surface area (Å²) in [6.45, 7) is 1.41. The molecule has 2 heterocycles. The molecular formula is C11H15N3O3S. The molecular weight excluding hydrogens is 254 g/mol. The van der Waals surface area contributed by atoms with E-state index >= 15 is 0 Å². The Balaban J connectivity index is 2.01. The molecule has 0 aliphatic carbocycles. The number of rotatable bonds is 3. The SMILES string of the molecule is CNC1CCN(C(=O)c2ccc([N+](=O)[O-])s2)CC1. The standard InChI is InChI=1S/C11H15N3O3S/c1-12-8-4-6-13(7-5-8)11(15)9-2-3-10(18-9)14(16)17/h2-3,8,12H,4-7H2,1H3. The van der Waals surface area contributed by atoms with Crippen LogP contribution in [0.25, 0.3) is 0 Å². The number of hydrogen-bond acceptors (Lipinski definition) is 5. The van der Waals surface area contributed by atoms with Crippen molar-refractivity contribution in [3.05, 3.63) is 27.1 Å². The maximum Gasteiger partial charge on any atom is 0.324 e. The van der Waals surface area contributed by atoms with Crippen LogP contribution in [0.2, 0.25) is 0 Å². The topological polar surface area (TPSA) is 75.5 Å². The molecule has 7 heteroatoms. The van der Waals surface area contributed by atoms with Gasteiger partial charge < -0.3 is 10.2 Å². The predicted molar refractivity (Wildman–Crippen MR) is 69.0 cm³/mol. The van der Waals surface area contributed by atoms with Crippen LogP contribution in [0.3, 0.4) is 0 Å². The Morgan fingerprint density at radius 2 is 2.17 bits per heavy atom. The van der Waals surface area contributed by atoms with E-state index in [9.17, 15) is 14.9 Å². The lowest BCUT2D eigenvalue weighted by Crippen LogP contribution is -2.43. The summed E-state index contributed by atoms with van der Waals surface area (Å²) in [5.74, 6) is -0.0948. The number of thiophene rings is 1. The number of carbonyl (C=O) groups is 1. The Bertz CT molecular complexity index is 452. The van der Waals surface area contributed by atoms with Crippen molar-refractivity contribution in [2.45, 2.75) is 18.9 Å². The molecule has 0 bridgehead atoms. The van der Waals surface area contributed by atoms with Gasteiger partial charge in [-0.3, -0.25) is 14.9 Å². The van der Waals surface area contributed by atoms with Crippen LogP contribution in [-0.4, -0.2) is 41.9 Å². The van der Waals surface area contributed by atoms with Crippen LogP contribution in [0, 0.1) is 10.1 Å². The van der Waals surface area contributed by atoms with Gasteiger partial charge in [-0.2, -0.15) is 0 Å². The van der Waals surface area contributed by atoms with Crippen molar-refractivity contribution in [2.24, 2.45) is 0 Å². The first kappa shape index (κ1) is 13.0. The maximum atomic E-state index is 12.1. The fourth-order valence-corrected chi connectivity index (χ4v) is 2.86. The van der Waals surface area contributed by atoms with Gasteiger partial charge in [0.1, 0.15) is 0 Å². The van der Waals surface area contributed by atoms with Crippen LogP contribution >= 0.6 is 11.3 Å². The van der Waals surface area contributed by atoms with Crippen molar-refractivity contribution in [3.8, 4) is 0 Å². The summed E-state index contributed by atoms with van der Waals surface area (Å²) in [6.07, 6.45) is 1.85. The van der Waals surface area contributed by atoms with Crippen molar-refractivity contribution in [3.63, 3.8) is 0 Å². The van der Waals surface area contributed by atoms with E-state index < -0.39 is 4.92 Å². The molecule has 0 radical (unpaired) electrons. The molecule has 1 fully saturated rings. The van der Waals surface area contributed by atoms with Gasteiger partial charge in [0, 0.05) is 25.2 Å². The summed E-state index contributed by atoms with van der Waals surface area (Å²) in [5.41, 5.74) is 0. The summed E-state index contributed by atoms with van der Waals surface area (Å²) in [4.78, 5) is 24.5. The molecule has 1 amide bonds. The van der Waals surface area contributed by atoms with Crippen molar-refractivity contribution in [2.75, 3.05) is 20.1 Å². The Morgan fingerprint density at radius 1 is 1.50 bits per heavy atom. The quantitative estimate of drug-likeness (QED) is 0.666. The van der Waals surface area contributed by atoms with Gasteiger partial charge in [-0.25, -0.2) is 0 Å². The molecule has 18 heavy (non-hydrogen) atoms. The Labute approximate surface area is 109 Å². The highest BCUT2D eigenvalue weighted by Gasteiger charge is 2.24. The number of likely N-dealkylation sites (tertiary alicyclic amines) is 1. The first-order valence-electron chi connectivity index (χ1n) is 5.82. The summed E-state index contributed by atoms with van der Waals surface area (Å²) < 4.78 is 0. The molecule has 0 atom stereocenters. The summed E-state index contributed by atoms with van der Waals surface area (Å²) in [7, 11) is 1.92. The van der Waals surface area contributed by atoms with E-state index in [4.69, 9.17) is 0 Å². The second kappa shape index (κ2) is 5.45. The summed E-state index contributed by atoms with van der Waals surface area (Å²) >= 11 is 0.943. The number of nitrogens with one attached hydrogen (secondary N) is 1. The third-order valence-corrected chi connectivity index (χ3v) is 4.20. The Hall–Kier alpha value is -1.47. The van der Waals surface area contributed by atoms with E-state index in [0.29, 0.717) is 24.0 Å². The average molecular weight is 269 g/mol. The third kappa shape index (κ3) is 2.68. The zero-order chi connectivity index (χ0) is 13.1. The lowest BCUT2D eigenvalue weighted by Gasteiger charge is -2.31. The van der Waals surface area contributed by atoms with Crippen molar-refractivity contribution in [1.82, 2.24) is 10.2 Å². The Morgan fingerprint density at radius 3 is 2.67 bits per heavy atom. The molecule has 1 N–H and O–H groups in total. The van der Waals surface area contributed by atoms with E-state index in [-0.39, 0.29) is 10.9 Å². The molecule has 0 saturated carbocycles. The summed E-state index contributed by atoms with van der Waals surface area (Å²) in [5, 5.41) is 13.8. The van der Waals surface area contributed by atoms with Gasteiger partial charge in [0.2, 0.25) is 0 Å². The molecule has 1 aliphatic heterocycles. The van der Waals surface area contributed by atoms with Crippen LogP contribution in [0.4, 0.5) is 5.00 Å². The maximum absolute atomic E-state index is 12.1. The smallest absolute Gasteiger partial charge is 0.324 e. The van der Waals surface area contributed by atoms with E-state index in [1.54, 1.807) is 4.90 Å². The first-order valence-corrected chi connectivity index (χ1v) is 6.64. The van der Waals surface area contributed by atoms with Crippen LogP contribution in [0.1, 0.15) is 22.5 Å². The van der Waals surface area contributed by atoms with Crippen molar-refractivity contribution in [1.29, 1.82) is 0 Å². The minimum Gasteiger partial charge on any atom is -0.338 e. The highest BCUT2D eigenvalue weighted by molar-refractivity contribution is 7.17. The van der Waals surface area contributed by atoms with Crippen molar-refractivity contribution < 1.29 is 9.72 Å². The fourth-order valence-electron chi connectivity index (χ4n) is 2.07. The van der Waals surface area contributed by atoms with Gasteiger partial charge in [-0.15, -0.1) is 0 Å². The number of hydrogen-bond donors (Lipinski definition) is 1. The molecule has 1 aromatic rings. The average Bonchev–Trinajstić information content (AvgIpc) is 2.88. The lowest BCUT2D eigenvalue weighted by atomic mass is 10.1. The zero-order valence-corrected chi connectivity index (χ0v) is 10.9. The second-order valence-electron chi connectivity index (χ2n) is 4.25. The number of nitrogens with zero attached hydrogens (tertiary/aromatic N) is 2. The van der Waals surface area contributed by atoms with Crippen LogP contribution in [0.5, 0.6) is 0 Å². The van der Waals surface area contributed by atoms with Gasteiger partial charge in [-0.05, 0) is 26.0 Å². The van der Waals surface area contributed by atoms with Crippen LogP contribution in [0.15, 0.2) is 12.1 Å². The van der Waals surface area contributed by atoms with Crippen LogP contribution < -0.4 is 5.32 Å². The van der Waals surface area contributed by atoms with E-state index in [2.05, 4.69) is 5.32 Å². The second-order valence-corrected chi connectivity index (χ2v) is 5.31. The summed E-state index contributed by atoms with van der Waals surface area (Å²) in [6, 6.07) is 3.39. The van der Waals surface area contributed by atoms with E-state index in [1.165, 1.54) is 12.1 Å². The predicted octanol–water partition coefficient (Wildman–Crippen LogP) is 1.48. The van der Waals surface area contributed by atoms with Crippen molar-refractivity contribution >= 4 is 22.2 Å². The van der Waals surface area contributed by atoms with Gasteiger partial charge in [0.25, 0.3) is 5.91 Å². The monoisotopic (exact) mass is 269 g/mol. The molecule has 1 saturated heterocycles. The number of carbonyl (C=O) groups excluding carboxylic acids is 1. The number of piperidine rings is 1. The molecule has 2 rings (SSSR count). The minimum atomic E-state index is -0.464. The normalized spacial score (nSPS) is 16.8. The molecule has 0 spiro atoms. The van der Waals surface area contributed by atoms with Gasteiger partial charge >= 0.3 is 5.00 Å². The molecule has 1 aliphatic rings. The minimum absolute atomic E-state index is 0.0171. The molecule has 0 aromatic carbocycles. The van der Waals surface area contributed by atoms with E-state index in [1.807, 2.05) is 7.05 Å². The highest BCUT2D eigenvalue weighted by atomic mass is 32.1. The van der Waals surface area contributed by atoms with E-state index in [0.717, 1.165) is 24.2 Å². The first-order chi connectivity index (χ1) is 8.61. The zero-order valence-electron chi connectivity index (χ0n) is 10.1. The van der Waals surface area contributed by atoms with Gasteiger partial charge in [0.15, 0.2) is 0 Å². The fraction of sp³-hybridized carbons (Fsp3) is 0.545. The van der Waals surface area contributed by atoms with Crippen LogP contribution in [-0.2, 0) is 0 Å². The molecule has 1 aromatic heterocycles. The Kier molecular flexibility index (Phi) is 3.93. The molecule has 0 unspecified atom stereocenters. The van der Waals surface area contributed by atoms with Gasteiger partial charge in [0.05, 0.1) is 9.80 Å². The lowest BCUT2D eigenvalue weighted by molar-refractivity contribution is -0.380. The number of amides is 1. The third-order valence-electron chi connectivity index (χ3n) is 3.17.